The molecular formula is C25H27N5O. The molecule has 0 radical (unpaired) electrons. The van der Waals surface area contributed by atoms with E-state index in [1.165, 1.54) is 16.8 Å². The second-order valence-electron chi connectivity index (χ2n) is 7.71. The maximum Gasteiger partial charge on any atom is 0.271 e. The van der Waals surface area contributed by atoms with Gasteiger partial charge in [0.1, 0.15) is 0 Å². The Morgan fingerprint density at radius 3 is 2.58 bits per heavy atom. The van der Waals surface area contributed by atoms with E-state index in [0.717, 1.165) is 35.2 Å². The van der Waals surface area contributed by atoms with Crippen LogP contribution in [0.25, 0.3) is 10.9 Å². The Kier molecular flexibility index (Phi) is 5.71. The molecule has 0 fully saturated rings. The van der Waals surface area contributed by atoms with Crippen LogP contribution in [0.2, 0.25) is 0 Å². The molecule has 0 aliphatic heterocycles. The third-order valence-corrected chi connectivity index (χ3v) is 5.90. The third-order valence-electron chi connectivity index (χ3n) is 5.90. The van der Waals surface area contributed by atoms with Crippen LogP contribution in [0.15, 0.2) is 59.8 Å². The van der Waals surface area contributed by atoms with Crippen LogP contribution < -0.4 is 5.43 Å². The lowest BCUT2D eigenvalue weighted by atomic mass is 10.1. The van der Waals surface area contributed by atoms with Gasteiger partial charge in [0.25, 0.3) is 5.91 Å². The number of hydrogen-bond acceptors (Lipinski definition) is 3. The molecule has 6 heteroatoms. The van der Waals surface area contributed by atoms with Crippen molar-refractivity contribution in [3.8, 4) is 0 Å². The van der Waals surface area contributed by atoms with E-state index >= 15 is 0 Å². The van der Waals surface area contributed by atoms with Gasteiger partial charge in [-0.05, 0) is 57.0 Å². The molecule has 4 aromatic rings. The van der Waals surface area contributed by atoms with Crippen molar-refractivity contribution in [2.24, 2.45) is 5.10 Å². The summed E-state index contributed by atoms with van der Waals surface area (Å²) in [5, 5.41) is 9.50. The van der Waals surface area contributed by atoms with E-state index in [2.05, 4.69) is 58.3 Å². The quantitative estimate of drug-likeness (QED) is 0.371. The molecular weight excluding hydrogens is 386 g/mol. The highest BCUT2D eigenvalue weighted by molar-refractivity contribution is 5.99. The van der Waals surface area contributed by atoms with E-state index in [4.69, 9.17) is 0 Å². The van der Waals surface area contributed by atoms with E-state index in [1.807, 2.05) is 42.8 Å². The van der Waals surface area contributed by atoms with Crippen LogP contribution in [0.1, 0.15) is 45.4 Å². The predicted molar refractivity (Wildman–Crippen MR) is 125 cm³/mol. The van der Waals surface area contributed by atoms with E-state index in [-0.39, 0.29) is 5.91 Å². The van der Waals surface area contributed by atoms with Gasteiger partial charge < -0.3 is 4.57 Å². The zero-order valence-corrected chi connectivity index (χ0v) is 18.4. The van der Waals surface area contributed by atoms with Gasteiger partial charge in [-0.3, -0.25) is 9.48 Å². The van der Waals surface area contributed by atoms with Crippen molar-refractivity contribution in [3.05, 3.63) is 88.4 Å². The number of carbonyl (C=O) groups is 1. The molecule has 0 aliphatic rings. The Hall–Kier alpha value is -3.67. The minimum atomic E-state index is -0.230. The number of nitrogens with one attached hydrogen (secondary N) is 1. The average Bonchev–Trinajstić information content (AvgIpc) is 3.26. The zero-order valence-electron chi connectivity index (χ0n) is 18.4. The molecule has 1 N–H and O–H groups in total. The second-order valence-corrected chi connectivity index (χ2v) is 7.71. The van der Waals surface area contributed by atoms with Crippen LogP contribution in [0.3, 0.4) is 0 Å². The highest BCUT2D eigenvalue weighted by Crippen LogP contribution is 2.27. The number of nitrogens with zero attached hydrogens (tertiary/aromatic N) is 4. The number of aromatic nitrogens is 3. The van der Waals surface area contributed by atoms with Gasteiger partial charge in [-0.25, -0.2) is 5.43 Å². The van der Waals surface area contributed by atoms with Crippen molar-refractivity contribution in [2.75, 3.05) is 0 Å². The van der Waals surface area contributed by atoms with E-state index < -0.39 is 0 Å². The smallest absolute Gasteiger partial charge is 0.271 e. The molecule has 0 aliphatic carbocycles. The molecule has 6 nitrogen and oxygen atoms in total. The first-order valence-corrected chi connectivity index (χ1v) is 10.5. The summed E-state index contributed by atoms with van der Waals surface area (Å²) in [7, 11) is 0. The van der Waals surface area contributed by atoms with Gasteiger partial charge in [0, 0.05) is 46.5 Å². The molecule has 1 amide bonds. The Balaban J connectivity index is 1.56. The number of hydrogen-bond donors (Lipinski definition) is 1. The first kappa shape index (κ1) is 20.6. The fourth-order valence-corrected chi connectivity index (χ4v) is 3.89. The summed E-state index contributed by atoms with van der Waals surface area (Å²) in [4.78, 5) is 12.7. The van der Waals surface area contributed by atoms with Gasteiger partial charge >= 0.3 is 0 Å². The number of fused-ring (bicyclic) bond motifs is 1. The molecule has 0 saturated heterocycles. The number of carbonyl (C=O) groups excluding carboxylic acids is 1. The number of benzene rings is 2. The fourth-order valence-electron chi connectivity index (χ4n) is 3.89. The first-order chi connectivity index (χ1) is 15.0. The standard InChI is InChI=1S/C25H27N5O/c1-5-30-19(4)22(15-27-30)14-26-28-25(31)21-11-12-24-23(13-21)17(2)18(3)29(24)16-20-9-7-6-8-10-20/h6-15H,5,16H2,1-4H3,(H,28,31)/b26-14+. The molecule has 2 aromatic heterocycles. The van der Waals surface area contributed by atoms with Crippen molar-refractivity contribution in [3.63, 3.8) is 0 Å². The molecule has 0 spiro atoms. The van der Waals surface area contributed by atoms with Gasteiger partial charge in [0.2, 0.25) is 0 Å². The topological polar surface area (TPSA) is 64.2 Å². The Bertz CT molecular complexity index is 1260. The van der Waals surface area contributed by atoms with Crippen LogP contribution in [0, 0.1) is 20.8 Å². The van der Waals surface area contributed by atoms with Crippen LogP contribution in [0.4, 0.5) is 0 Å². The summed E-state index contributed by atoms with van der Waals surface area (Å²) in [5.41, 5.74) is 9.90. The Morgan fingerprint density at radius 1 is 1.10 bits per heavy atom. The SMILES string of the molecule is CCn1ncc(/C=N/NC(=O)c2ccc3c(c2)c(C)c(C)n3Cc2ccccc2)c1C. The van der Waals surface area contributed by atoms with Gasteiger partial charge in [0.05, 0.1) is 12.4 Å². The van der Waals surface area contributed by atoms with E-state index in [1.54, 1.807) is 12.4 Å². The van der Waals surface area contributed by atoms with Crippen molar-refractivity contribution < 1.29 is 4.79 Å². The van der Waals surface area contributed by atoms with Crippen molar-refractivity contribution in [1.29, 1.82) is 0 Å². The minimum Gasteiger partial charge on any atom is -0.340 e. The Labute approximate surface area is 182 Å². The molecule has 0 bridgehead atoms. The fraction of sp³-hybridized carbons (Fsp3) is 0.240. The highest BCUT2D eigenvalue weighted by Gasteiger charge is 2.14. The average molecular weight is 414 g/mol. The maximum absolute atomic E-state index is 12.7. The zero-order chi connectivity index (χ0) is 22.0. The van der Waals surface area contributed by atoms with Gasteiger partial charge in [-0.15, -0.1) is 0 Å². The molecule has 31 heavy (non-hydrogen) atoms. The first-order valence-electron chi connectivity index (χ1n) is 10.5. The molecule has 2 aromatic carbocycles. The van der Waals surface area contributed by atoms with Crippen LogP contribution in [-0.2, 0) is 13.1 Å². The largest absolute Gasteiger partial charge is 0.340 e. The highest BCUT2D eigenvalue weighted by atomic mass is 16.2. The summed E-state index contributed by atoms with van der Waals surface area (Å²) >= 11 is 0. The van der Waals surface area contributed by atoms with E-state index in [9.17, 15) is 4.79 Å². The van der Waals surface area contributed by atoms with Gasteiger partial charge in [-0.2, -0.15) is 10.2 Å². The van der Waals surface area contributed by atoms with Crippen molar-refractivity contribution >= 4 is 23.0 Å². The summed E-state index contributed by atoms with van der Waals surface area (Å²) in [6, 6.07) is 16.2. The maximum atomic E-state index is 12.7. The second kappa shape index (κ2) is 8.60. The number of amides is 1. The molecule has 2 heterocycles. The summed E-state index contributed by atoms with van der Waals surface area (Å²) < 4.78 is 4.19. The monoisotopic (exact) mass is 413 g/mol. The van der Waals surface area contributed by atoms with Gasteiger partial charge in [-0.1, -0.05) is 30.3 Å². The number of hydrazone groups is 1. The predicted octanol–water partition coefficient (Wildman–Crippen LogP) is 4.60. The minimum absolute atomic E-state index is 0.230. The Morgan fingerprint density at radius 2 is 1.87 bits per heavy atom. The summed E-state index contributed by atoms with van der Waals surface area (Å²) in [5.74, 6) is -0.230. The summed E-state index contributed by atoms with van der Waals surface area (Å²) in [6.45, 7) is 9.86. The van der Waals surface area contributed by atoms with Crippen LogP contribution >= 0.6 is 0 Å². The van der Waals surface area contributed by atoms with E-state index in [0.29, 0.717) is 5.56 Å². The van der Waals surface area contributed by atoms with Gasteiger partial charge in [0.15, 0.2) is 0 Å². The molecule has 0 unspecified atom stereocenters. The summed E-state index contributed by atoms with van der Waals surface area (Å²) in [6.07, 6.45) is 3.39. The lowest BCUT2D eigenvalue weighted by molar-refractivity contribution is 0.0955. The normalized spacial score (nSPS) is 11.5. The molecule has 158 valence electrons. The number of rotatable bonds is 6. The van der Waals surface area contributed by atoms with Crippen LogP contribution in [-0.4, -0.2) is 26.5 Å². The number of aryl methyl sites for hydroxylation is 2. The lowest BCUT2D eigenvalue weighted by Gasteiger charge is -2.09. The molecule has 0 atom stereocenters. The molecule has 0 saturated carbocycles. The van der Waals surface area contributed by atoms with Crippen molar-refractivity contribution in [1.82, 2.24) is 19.8 Å². The van der Waals surface area contributed by atoms with Crippen LogP contribution in [0.5, 0.6) is 0 Å². The van der Waals surface area contributed by atoms with Crippen molar-refractivity contribution in [2.45, 2.75) is 40.8 Å². The third kappa shape index (κ3) is 4.01. The lowest BCUT2D eigenvalue weighted by Crippen LogP contribution is -2.17. The molecule has 4 rings (SSSR count).